The van der Waals surface area contributed by atoms with E-state index < -0.39 is 0 Å². The lowest BCUT2D eigenvalue weighted by Gasteiger charge is -2.11. The molecule has 0 saturated heterocycles. The molecule has 0 radical (unpaired) electrons. The summed E-state index contributed by atoms with van der Waals surface area (Å²) in [7, 11) is 3.61. The molecule has 2 N–H and O–H groups in total. The summed E-state index contributed by atoms with van der Waals surface area (Å²) >= 11 is 7.63. The highest BCUT2D eigenvalue weighted by Crippen LogP contribution is 2.19. The Morgan fingerprint density at radius 3 is 2.65 bits per heavy atom. The van der Waals surface area contributed by atoms with Gasteiger partial charge in [-0.3, -0.25) is 9.67 Å². The number of rotatable bonds is 6. The van der Waals surface area contributed by atoms with Crippen molar-refractivity contribution in [3.8, 4) is 0 Å². The zero-order valence-electron chi connectivity index (χ0n) is 13.0. The van der Waals surface area contributed by atoms with Gasteiger partial charge in [0.25, 0.3) is 0 Å². The largest absolute Gasteiger partial charge is 0.356 e. The van der Waals surface area contributed by atoms with Crippen molar-refractivity contribution in [2.75, 3.05) is 19.3 Å². The Labute approximate surface area is 162 Å². The number of hydrogen-bond donors (Lipinski definition) is 2. The van der Waals surface area contributed by atoms with Crippen molar-refractivity contribution >= 4 is 53.3 Å². The highest BCUT2D eigenvalue weighted by atomic mass is 127. The van der Waals surface area contributed by atoms with Crippen LogP contribution in [0.2, 0.25) is 5.02 Å². The van der Waals surface area contributed by atoms with Gasteiger partial charge in [0.05, 0.1) is 6.54 Å². The lowest BCUT2D eigenvalue weighted by Crippen LogP contribution is -2.38. The molecule has 1 heterocycles. The monoisotopic (exact) mass is 466 g/mol. The van der Waals surface area contributed by atoms with Crippen LogP contribution in [-0.4, -0.2) is 40.1 Å². The maximum atomic E-state index is 5.86. The van der Waals surface area contributed by atoms with Gasteiger partial charge in [0.15, 0.2) is 5.96 Å². The molecule has 2 rings (SSSR count). The van der Waals surface area contributed by atoms with Crippen LogP contribution >= 0.6 is 47.3 Å². The van der Waals surface area contributed by atoms with Gasteiger partial charge in [-0.15, -0.1) is 35.7 Å². The van der Waals surface area contributed by atoms with Crippen LogP contribution in [0.15, 0.2) is 40.5 Å². The number of aliphatic imine (C=N–C) groups is 1. The molecule has 0 unspecified atom stereocenters. The lowest BCUT2D eigenvalue weighted by atomic mass is 10.4. The summed E-state index contributed by atoms with van der Waals surface area (Å²) in [4.78, 5) is 9.54. The first kappa shape index (κ1) is 20.0. The van der Waals surface area contributed by atoms with Crippen molar-refractivity contribution in [1.29, 1.82) is 0 Å². The summed E-state index contributed by atoms with van der Waals surface area (Å²) in [6.07, 6.45) is 1.54. The van der Waals surface area contributed by atoms with Gasteiger partial charge in [0, 0.05) is 36.3 Å². The smallest absolute Gasteiger partial charge is 0.191 e. The second-order valence-electron chi connectivity index (χ2n) is 4.45. The molecule has 6 nitrogen and oxygen atoms in total. The standard InChI is InChI=1S/C14H19ClN6S.HI/c1-16-14(18-9-13-19-10-20-21(13)2)17-7-8-22-12-5-3-11(15)4-6-12;/h3-6,10H,7-9H2,1-2H3,(H2,16,17,18);1H. The second-order valence-corrected chi connectivity index (χ2v) is 6.06. The third-order valence-electron chi connectivity index (χ3n) is 2.92. The number of thioether (sulfide) groups is 1. The molecule has 0 aliphatic carbocycles. The number of hydrogen-bond acceptors (Lipinski definition) is 4. The fraction of sp³-hybridized carbons (Fsp3) is 0.357. The van der Waals surface area contributed by atoms with Crippen LogP contribution in [0.3, 0.4) is 0 Å². The average Bonchev–Trinajstić information content (AvgIpc) is 2.93. The van der Waals surface area contributed by atoms with Crippen molar-refractivity contribution in [2.24, 2.45) is 12.0 Å². The number of aromatic nitrogens is 3. The number of nitrogens with one attached hydrogen (secondary N) is 2. The maximum Gasteiger partial charge on any atom is 0.191 e. The fourth-order valence-corrected chi connectivity index (χ4v) is 2.63. The molecular weight excluding hydrogens is 447 g/mol. The van der Waals surface area contributed by atoms with Crippen molar-refractivity contribution < 1.29 is 0 Å². The topological polar surface area (TPSA) is 67.1 Å². The van der Waals surface area contributed by atoms with Gasteiger partial charge < -0.3 is 10.6 Å². The Bertz CT molecular complexity index is 616. The summed E-state index contributed by atoms with van der Waals surface area (Å²) in [5, 5.41) is 11.3. The molecule has 0 aliphatic heterocycles. The number of nitrogens with zero attached hydrogens (tertiary/aromatic N) is 4. The van der Waals surface area contributed by atoms with Crippen LogP contribution in [0.4, 0.5) is 0 Å². The Hall–Kier alpha value is -1.00. The van der Waals surface area contributed by atoms with Gasteiger partial charge in [0.1, 0.15) is 12.2 Å². The van der Waals surface area contributed by atoms with E-state index in [9.17, 15) is 0 Å². The molecule has 126 valence electrons. The first-order chi connectivity index (χ1) is 10.7. The van der Waals surface area contributed by atoms with Crippen LogP contribution in [-0.2, 0) is 13.6 Å². The van der Waals surface area contributed by atoms with Crippen LogP contribution in [0.1, 0.15) is 5.82 Å². The zero-order valence-corrected chi connectivity index (χ0v) is 16.9. The highest BCUT2D eigenvalue weighted by molar-refractivity contribution is 14.0. The predicted molar refractivity (Wildman–Crippen MR) is 107 cm³/mol. The van der Waals surface area contributed by atoms with Crippen LogP contribution in [0.25, 0.3) is 0 Å². The van der Waals surface area contributed by atoms with Gasteiger partial charge in [-0.1, -0.05) is 11.6 Å². The van der Waals surface area contributed by atoms with Gasteiger partial charge in [-0.25, -0.2) is 4.98 Å². The van der Waals surface area contributed by atoms with Crippen molar-refractivity contribution in [1.82, 2.24) is 25.4 Å². The summed E-state index contributed by atoms with van der Waals surface area (Å²) in [6.45, 7) is 1.40. The Morgan fingerprint density at radius 1 is 1.30 bits per heavy atom. The molecule has 0 amide bonds. The van der Waals surface area contributed by atoms with E-state index in [2.05, 4.69) is 25.7 Å². The number of benzene rings is 1. The van der Waals surface area contributed by atoms with Crippen LogP contribution in [0, 0.1) is 0 Å². The third kappa shape index (κ3) is 6.96. The number of guanidine groups is 1. The van der Waals surface area contributed by atoms with E-state index in [1.165, 1.54) is 11.2 Å². The Balaban J connectivity index is 0.00000264. The summed E-state index contributed by atoms with van der Waals surface area (Å²) in [5.74, 6) is 2.55. The SMILES string of the molecule is CN=C(NCCSc1ccc(Cl)cc1)NCc1ncnn1C.I. The average molecular weight is 467 g/mol. The van der Waals surface area contributed by atoms with Gasteiger partial charge in [-0.05, 0) is 24.3 Å². The molecule has 1 aromatic heterocycles. The molecule has 0 atom stereocenters. The van der Waals surface area contributed by atoms with Crippen molar-refractivity contribution in [2.45, 2.75) is 11.4 Å². The predicted octanol–water partition coefficient (Wildman–Crippen LogP) is 2.54. The van der Waals surface area contributed by atoms with Crippen molar-refractivity contribution in [3.63, 3.8) is 0 Å². The van der Waals surface area contributed by atoms with E-state index in [1.54, 1.807) is 23.5 Å². The molecule has 0 saturated carbocycles. The Morgan fingerprint density at radius 2 is 2.04 bits per heavy atom. The molecule has 1 aromatic carbocycles. The van der Waals surface area contributed by atoms with Crippen LogP contribution < -0.4 is 10.6 Å². The van der Waals surface area contributed by atoms with Crippen LogP contribution in [0.5, 0.6) is 0 Å². The second kappa shape index (κ2) is 10.7. The fourth-order valence-electron chi connectivity index (χ4n) is 1.73. The molecular formula is C14H20ClIN6S. The first-order valence-electron chi connectivity index (χ1n) is 6.85. The first-order valence-corrected chi connectivity index (χ1v) is 8.21. The molecule has 0 spiro atoms. The zero-order chi connectivity index (χ0) is 15.8. The summed E-state index contributed by atoms with van der Waals surface area (Å²) in [6, 6.07) is 7.85. The normalized spacial score (nSPS) is 11.0. The highest BCUT2D eigenvalue weighted by Gasteiger charge is 2.02. The van der Waals surface area contributed by atoms with E-state index in [-0.39, 0.29) is 24.0 Å². The minimum atomic E-state index is 0. The quantitative estimate of drug-likeness (QED) is 0.225. The van der Waals surface area contributed by atoms with E-state index in [1.807, 2.05) is 31.3 Å². The van der Waals surface area contributed by atoms with Gasteiger partial charge in [0.2, 0.25) is 0 Å². The van der Waals surface area contributed by atoms with E-state index in [0.717, 1.165) is 29.1 Å². The Kier molecular flexibility index (Phi) is 9.34. The van der Waals surface area contributed by atoms with E-state index in [4.69, 9.17) is 11.6 Å². The summed E-state index contributed by atoms with van der Waals surface area (Å²) in [5.41, 5.74) is 0. The third-order valence-corrected chi connectivity index (χ3v) is 4.19. The van der Waals surface area contributed by atoms with Crippen molar-refractivity contribution in [3.05, 3.63) is 41.4 Å². The van der Waals surface area contributed by atoms with E-state index >= 15 is 0 Å². The minimum absolute atomic E-state index is 0. The number of aryl methyl sites for hydroxylation is 1. The molecule has 9 heteroatoms. The molecule has 2 aromatic rings. The van der Waals surface area contributed by atoms with E-state index in [0.29, 0.717) is 6.54 Å². The van der Waals surface area contributed by atoms with Gasteiger partial charge in [-0.2, -0.15) is 5.10 Å². The molecule has 23 heavy (non-hydrogen) atoms. The minimum Gasteiger partial charge on any atom is -0.356 e. The number of halogens is 2. The maximum absolute atomic E-state index is 5.86. The summed E-state index contributed by atoms with van der Waals surface area (Å²) < 4.78 is 1.73. The molecule has 0 bridgehead atoms. The van der Waals surface area contributed by atoms with Gasteiger partial charge >= 0.3 is 0 Å². The molecule has 0 aliphatic rings. The lowest BCUT2D eigenvalue weighted by molar-refractivity contribution is 0.674. The molecule has 0 fully saturated rings.